The molecule has 0 radical (unpaired) electrons. The molecule has 4 heterocycles. The van der Waals surface area contributed by atoms with Crippen LogP contribution in [0.1, 0.15) is 34.2 Å². The van der Waals surface area contributed by atoms with E-state index in [-0.39, 0.29) is 17.6 Å². The maximum absolute atomic E-state index is 12.5. The first kappa shape index (κ1) is 19.1. The number of carbonyl (C=O) groups is 1. The van der Waals surface area contributed by atoms with Crippen LogP contribution in [0.25, 0.3) is 11.0 Å². The van der Waals surface area contributed by atoms with Gasteiger partial charge in [-0.25, -0.2) is 4.98 Å². The predicted molar refractivity (Wildman–Crippen MR) is 114 cm³/mol. The molecule has 0 spiro atoms. The largest absolute Gasteiger partial charge is 0.496 e. The zero-order chi connectivity index (χ0) is 21.2. The van der Waals surface area contributed by atoms with Gasteiger partial charge in [0.2, 0.25) is 5.76 Å². The zero-order valence-corrected chi connectivity index (χ0v) is 17.0. The molecule has 0 unspecified atom stereocenters. The lowest BCUT2D eigenvalue weighted by molar-refractivity contribution is 0.0749. The number of ether oxygens (including phenoxy) is 1. The summed E-state index contributed by atoms with van der Waals surface area (Å²) in [5, 5.41) is 15.3. The summed E-state index contributed by atoms with van der Waals surface area (Å²) in [4.78, 5) is 19.0. The number of anilines is 1. The quantitative estimate of drug-likeness (QED) is 0.495. The fraction of sp³-hybridized carbons (Fsp3) is 0.273. The summed E-state index contributed by atoms with van der Waals surface area (Å²) < 4.78 is 10.4. The highest BCUT2D eigenvalue weighted by molar-refractivity contribution is 5.91. The number of hydrogen-bond acceptors (Lipinski definition) is 7. The molecule has 0 bridgehead atoms. The standard InChI is InChI=1S/C22H22N6O3/c1-30-18-5-3-2-4-14(18)12-23-20-16-6-7-17(25-21(16)27-26-20)15-9-11-28(13-15)22(29)19-8-10-24-31-19/h2-8,10,15H,9,11-13H2,1H3,(H2,23,25,26,27)/t15-/m0/s1. The SMILES string of the molecule is COc1ccccc1CNc1n[nH]c2nc([C@H]3CCN(C(=O)c4ccno4)C3)ccc12. The normalized spacial score (nSPS) is 16.0. The number of likely N-dealkylation sites (tertiary alicyclic amines) is 1. The first-order valence-corrected chi connectivity index (χ1v) is 10.1. The van der Waals surface area contributed by atoms with Crippen LogP contribution < -0.4 is 10.1 Å². The molecular formula is C22H22N6O3. The molecule has 0 saturated carbocycles. The van der Waals surface area contributed by atoms with E-state index in [2.05, 4.69) is 20.7 Å². The number of fused-ring (bicyclic) bond motifs is 1. The molecule has 1 aliphatic rings. The Kier molecular flexibility index (Phi) is 4.99. The number of rotatable bonds is 6. The van der Waals surface area contributed by atoms with E-state index in [1.807, 2.05) is 36.4 Å². The second-order valence-corrected chi connectivity index (χ2v) is 7.48. The maximum Gasteiger partial charge on any atom is 0.292 e. The molecule has 3 aromatic heterocycles. The van der Waals surface area contributed by atoms with E-state index in [1.165, 1.54) is 6.20 Å². The number of methoxy groups -OCH3 is 1. The lowest BCUT2D eigenvalue weighted by Crippen LogP contribution is -2.28. The molecule has 1 atom stereocenters. The molecule has 9 heteroatoms. The van der Waals surface area contributed by atoms with Gasteiger partial charge in [-0.05, 0) is 24.6 Å². The first-order valence-electron chi connectivity index (χ1n) is 10.1. The molecule has 1 aromatic carbocycles. The smallest absolute Gasteiger partial charge is 0.292 e. The van der Waals surface area contributed by atoms with Gasteiger partial charge in [0.25, 0.3) is 5.91 Å². The highest BCUT2D eigenvalue weighted by Crippen LogP contribution is 2.29. The van der Waals surface area contributed by atoms with Crippen molar-refractivity contribution in [2.75, 3.05) is 25.5 Å². The predicted octanol–water partition coefficient (Wildman–Crippen LogP) is 3.20. The van der Waals surface area contributed by atoms with Crippen LogP contribution in [-0.2, 0) is 6.54 Å². The number of hydrogen-bond donors (Lipinski definition) is 2. The monoisotopic (exact) mass is 418 g/mol. The van der Waals surface area contributed by atoms with E-state index in [0.29, 0.717) is 19.6 Å². The van der Waals surface area contributed by atoms with E-state index < -0.39 is 0 Å². The lowest BCUT2D eigenvalue weighted by atomic mass is 10.0. The number of amides is 1. The molecule has 1 aliphatic heterocycles. The Bertz CT molecular complexity index is 1200. The first-order chi connectivity index (χ1) is 15.2. The van der Waals surface area contributed by atoms with Gasteiger partial charge in [-0.3, -0.25) is 9.89 Å². The van der Waals surface area contributed by atoms with Gasteiger partial charge in [0.15, 0.2) is 11.5 Å². The second-order valence-electron chi connectivity index (χ2n) is 7.48. The van der Waals surface area contributed by atoms with Gasteiger partial charge in [0, 0.05) is 42.9 Å². The van der Waals surface area contributed by atoms with E-state index in [9.17, 15) is 4.79 Å². The van der Waals surface area contributed by atoms with E-state index in [0.717, 1.165) is 40.3 Å². The lowest BCUT2D eigenvalue weighted by Gasteiger charge is -2.14. The summed E-state index contributed by atoms with van der Waals surface area (Å²) in [5.41, 5.74) is 2.72. The third kappa shape index (κ3) is 3.70. The number of H-pyrrole nitrogens is 1. The number of aromatic amines is 1. The number of benzene rings is 1. The fourth-order valence-electron chi connectivity index (χ4n) is 3.98. The van der Waals surface area contributed by atoms with Crippen molar-refractivity contribution in [2.24, 2.45) is 0 Å². The number of pyridine rings is 1. The molecule has 31 heavy (non-hydrogen) atoms. The minimum atomic E-state index is -0.134. The van der Waals surface area contributed by atoms with Crippen molar-refractivity contribution in [2.45, 2.75) is 18.9 Å². The third-order valence-electron chi connectivity index (χ3n) is 5.63. The zero-order valence-electron chi connectivity index (χ0n) is 17.0. The summed E-state index contributed by atoms with van der Waals surface area (Å²) in [6.07, 6.45) is 2.33. The van der Waals surface area contributed by atoms with Crippen molar-refractivity contribution < 1.29 is 14.1 Å². The second kappa shape index (κ2) is 8.10. The van der Waals surface area contributed by atoms with Crippen molar-refractivity contribution in [3.63, 3.8) is 0 Å². The van der Waals surface area contributed by atoms with Crippen LogP contribution in [0.4, 0.5) is 5.82 Å². The van der Waals surface area contributed by atoms with Gasteiger partial charge in [0.1, 0.15) is 5.75 Å². The minimum absolute atomic E-state index is 0.134. The molecule has 4 aromatic rings. The van der Waals surface area contributed by atoms with Crippen LogP contribution in [0, 0.1) is 0 Å². The van der Waals surface area contributed by atoms with Crippen LogP contribution in [0.2, 0.25) is 0 Å². The Morgan fingerprint density at radius 2 is 2.19 bits per heavy atom. The third-order valence-corrected chi connectivity index (χ3v) is 5.63. The van der Waals surface area contributed by atoms with Crippen LogP contribution in [0.3, 0.4) is 0 Å². The number of para-hydroxylation sites is 1. The number of carbonyl (C=O) groups excluding carboxylic acids is 1. The summed E-state index contributed by atoms with van der Waals surface area (Å²) in [6, 6.07) is 13.5. The van der Waals surface area contributed by atoms with E-state index in [4.69, 9.17) is 14.2 Å². The van der Waals surface area contributed by atoms with E-state index in [1.54, 1.807) is 18.1 Å². The molecule has 1 saturated heterocycles. The molecule has 0 aliphatic carbocycles. The van der Waals surface area contributed by atoms with Gasteiger partial charge in [-0.1, -0.05) is 23.4 Å². The summed E-state index contributed by atoms with van der Waals surface area (Å²) >= 11 is 0. The summed E-state index contributed by atoms with van der Waals surface area (Å²) in [5.74, 6) is 1.88. The van der Waals surface area contributed by atoms with Crippen LogP contribution in [-0.4, -0.2) is 51.3 Å². The fourth-order valence-corrected chi connectivity index (χ4v) is 3.98. The van der Waals surface area contributed by atoms with Crippen molar-refractivity contribution in [1.29, 1.82) is 0 Å². The Morgan fingerprint density at radius 1 is 1.29 bits per heavy atom. The molecule has 9 nitrogen and oxygen atoms in total. The minimum Gasteiger partial charge on any atom is -0.496 e. The molecular weight excluding hydrogens is 396 g/mol. The van der Waals surface area contributed by atoms with Gasteiger partial charge in [-0.2, -0.15) is 5.10 Å². The number of aromatic nitrogens is 4. The van der Waals surface area contributed by atoms with Gasteiger partial charge in [-0.15, -0.1) is 0 Å². The molecule has 5 rings (SSSR count). The molecule has 1 amide bonds. The van der Waals surface area contributed by atoms with Crippen molar-refractivity contribution in [1.82, 2.24) is 25.2 Å². The van der Waals surface area contributed by atoms with Gasteiger partial charge >= 0.3 is 0 Å². The van der Waals surface area contributed by atoms with E-state index >= 15 is 0 Å². The Hall–Kier alpha value is -3.88. The van der Waals surface area contributed by atoms with Crippen molar-refractivity contribution in [3.05, 3.63) is 65.7 Å². The Labute approximate surface area is 178 Å². The summed E-state index contributed by atoms with van der Waals surface area (Å²) in [6.45, 7) is 1.86. The average Bonchev–Trinajstić information content (AvgIpc) is 3.58. The van der Waals surface area contributed by atoms with Crippen LogP contribution in [0.5, 0.6) is 5.75 Å². The molecule has 1 fully saturated rings. The van der Waals surface area contributed by atoms with Crippen LogP contribution in [0.15, 0.2) is 53.2 Å². The topological polar surface area (TPSA) is 109 Å². The summed E-state index contributed by atoms with van der Waals surface area (Å²) in [7, 11) is 1.66. The van der Waals surface area contributed by atoms with Crippen molar-refractivity contribution in [3.8, 4) is 5.75 Å². The molecule has 2 N–H and O–H groups in total. The van der Waals surface area contributed by atoms with Crippen molar-refractivity contribution >= 4 is 22.8 Å². The highest BCUT2D eigenvalue weighted by atomic mass is 16.5. The average molecular weight is 418 g/mol. The number of nitrogens with one attached hydrogen (secondary N) is 2. The van der Waals surface area contributed by atoms with Gasteiger partial charge < -0.3 is 19.5 Å². The maximum atomic E-state index is 12.5. The Morgan fingerprint density at radius 3 is 3.03 bits per heavy atom. The van der Waals surface area contributed by atoms with Crippen LogP contribution >= 0.6 is 0 Å². The number of nitrogens with zero attached hydrogens (tertiary/aromatic N) is 4. The molecule has 158 valence electrons. The Balaban J connectivity index is 1.29. The highest BCUT2D eigenvalue weighted by Gasteiger charge is 2.30. The van der Waals surface area contributed by atoms with Gasteiger partial charge in [0.05, 0.1) is 18.7 Å².